The lowest BCUT2D eigenvalue weighted by molar-refractivity contribution is -0.115. The SMILES string of the molecule is CNCC(=O)Nc1ccc(Cn2cncn2)cc1. The van der Waals surface area contributed by atoms with Gasteiger partial charge in [-0.05, 0) is 24.7 Å². The van der Waals surface area contributed by atoms with Gasteiger partial charge in [-0.3, -0.25) is 4.79 Å². The van der Waals surface area contributed by atoms with Crippen molar-refractivity contribution in [2.75, 3.05) is 18.9 Å². The second-order valence-electron chi connectivity index (χ2n) is 3.87. The van der Waals surface area contributed by atoms with Crippen LogP contribution in [0.2, 0.25) is 0 Å². The monoisotopic (exact) mass is 245 g/mol. The molecule has 0 saturated carbocycles. The minimum atomic E-state index is -0.0541. The molecule has 0 unspecified atom stereocenters. The van der Waals surface area contributed by atoms with Crippen LogP contribution in [-0.2, 0) is 11.3 Å². The molecule has 0 fully saturated rings. The van der Waals surface area contributed by atoms with Crippen molar-refractivity contribution in [1.82, 2.24) is 20.1 Å². The molecule has 6 nitrogen and oxygen atoms in total. The quantitative estimate of drug-likeness (QED) is 0.804. The molecule has 0 saturated heterocycles. The van der Waals surface area contributed by atoms with E-state index in [0.717, 1.165) is 11.3 Å². The van der Waals surface area contributed by atoms with Gasteiger partial charge in [0, 0.05) is 5.69 Å². The van der Waals surface area contributed by atoms with Gasteiger partial charge in [0.15, 0.2) is 0 Å². The molecule has 1 amide bonds. The second-order valence-corrected chi connectivity index (χ2v) is 3.87. The van der Waals surface area contributed by atoms with Crippen molar-refractivity contribution in [3.8, 4) is 0 Å². The van der Waals surface area contributed by atoms with Crippen LogP contribution in [0.3, 0.4) is 0 Å². The van der Waals surface area contributed by atoms with Gasteiger partial charge in [0.25, 0.3) is 0 Å². The zero-order valence-corrected chi connectivity index (χ0v) is 10.1. The Kier molecular flexibility index (Phi) is 4.03. The highest BCUT2D eigenvalue weighted by Crippen LogP contribution is 2.10. The molecule has 6 heteroatoms. The van der Waals surface area contributed by atoms with Crippen LogP contribution < -0.4 is 10.6 Å². The Labute approximate surface area is 105 Å². The summed E-state index contributed by atoms with van der Waals surface area (Å²) in [6.45, 7) is 0.978. The average molecular weight is 245 g/mol. The number of aromatic nitrogens is 3. The summed E-state index contributed by atoms with van der Waals surface area (Å²) < 4.78 is 1.74. The summed E-state index contributed by atoms with van der Waals surface area (Å²) in [5.74, 6) is -0.0541. The molecule has 0 aliphatic heterocycles. The fraction of sp³-hybridized carbons (Fsp3) is 0.250. The highest BCUT2D eigenvalue weighted by atomic mass is 16.1. The number of carbonyl (C=O) groups excluding carboxylic acids is 1. The molecular weight excluding hydrogens is 230 g/mol. The molecular formula is C12H15N5O. The smallest absolute Gasteiger partial charge is 0.238 e. The molecule has 2 aromatic rings. The van der Waals surface area contributed by atoms with Crippen molar-refractivity contribution in [3.05, 3.63) is 42.5 Å². The van der Waals surface area contributed by atoms with E-state index in [9.17, 15) is 4.79 Å². The summed E-state index contributed by atoms with van der Waals surface area (Å²) in [4.78, 5) is 15.2. The number of benzene rings is 1. The van der Waals surface area contributed by atoms with Gasteiger partial charge in [0.05, 0.1) is 13.1 Å². The van der Waals surface area contributed by atoms with Crippen LogP contribution in [0.15, 0.2) is 36.9 Å². The average Bonchev–Trinajstić information content (AvgIpc) is 2.85. The number of hydrogen-bond donors (Lipinski definition) is 2. The minimum Gasteiger partial charge on any atom is -0.325 e. The zero-order valence-electron chi connectivity index (χ0n) is 10.1. The number of nitrogens with zero attached hydrogens (tertiary/aromatic N) is 3. The molecule has 0 atom stereocenters. The standard InChI is InChI=1S/C12H15N5O/c1-13-6-12(18)16-11-4-2-10(3-5-11)7-17-9-14-8-15-17/h2-5,8-9,13H,6-7H2,1H3,(H,16,18). The lowest BCUT2D eigenvalue weighted by Crippen LogP contribution is -2.24. The molecule has 2 rings (SSSR count). The van der Waals surface area contributed by atoms with Crippen LogP contribution in [0.5, 0.6) is 0 Å². The summed E-state index contributed by atoms with van der Waals surface area (Å²) in [6.07, 6.45) is 3.18. The lowest BCUT2D eigenvalue weighted by atomic mass is 10.2. The molecule has 2 N–H and O–H groups in total. The lowest BCUT2D eigenvalue weighted by Gasteiger charge is -2.06. The number of anilines is 1. The highest BCUT2D eigenvalue weighted by molar-refractivity contribution is 5.92. The summed E-state index contributed by atoms with van der Waals surface area (Å²) in [6, 6.07) is 7.66. The highest BCUT2D eigenvalue weighted by Gasteiger charge is 2.01. The van der Waals surface area contributed by atoms with E-state index in [0.29, 0.717) is 13.1 Å². The van der Waals surface area contributed by atoms with E-state index in [4.69, 9.17) is 0 Å². The van der Waals surface area contributed by atoms with Crippen molar-refractivity contribution in [3.63, 3.8) is 0 Å². The molecule has 18 heavy (non-hydrogen) atoms. The van der Waals surface area contributed by atoms with E-state index in [2.05, 4.69) is 20.7 Å². The van der Waals surface area contributed by atoms with Gasteiger partial charge in [-0.15, -0.1) is 0 Å². The summed E-state index contributed by atoms with van der Waals surface area (Å²) in [7, 11) is 1.74. The molecule has 1 aromatic carbocycles. The fourth-order valence-electron chi connectivity index (χ4n) is 1.56. The molecule has 0 radical (unpaired) electrons. The summed E-state index contributed by atoms with van der Waals surface area (Å²) in [5, 5.41) is 9.63. The van der Waals surface area contributed by atoms with Crippen LogP contribution in [0.1, 0.15) is 5.56 Å². The van der Waals surface area contributed by atoms with Crippen LogP contribution in [0, 0.1) is 0 Å². The van der Waals surface area contributed by atoms with Gasteiger partial charge < -0.3 is 10.6 Å². The Morgan fingerprint density at radius 3 is 2.72 bits per heavy atom. The van der Waals surface area contributed by atoms with Gasteiger partial charge in [0.2, 0.25) is 5.91 Å². The van der Waals surface area contributed by atoms with E-state index in [1.165, 1.54) is 6.33 Å². The first-order chi connectivity index (χ1) is 8.78. The van der Waals surface area contributed by atoms with Crippen molar-refractivity contribution >= 4 is 11.6 Å². The number of hydrogen-bond acceptors (Lipinski definition) is 4. The van der Waals surface area contributed by atoms with E-state index in [-0.39, 0.29) is 5.91 Å². The maximum Gasteiger partial charge on any atom is 0.238 e. The van der Waals surface area contributed by atoms with Crippen LogP contribution in [-0.4, -0.2) is 34.3 Å². The topological polar surface area (TPSA) is 71.8 Å². The predicted molar refractivity (Wildman–Crippen MR) is 68.1 cm³/mol. The predicted octanol–water partition coefficient (Wildman–Crippen LogP) is 0.484. The Balaban J connectivity index is 1.95. The third-order valence-corrected chi connectivity index (χ3v) is 2.39. The number of likely N-dealkylation sites (N-methyl/N-ethyl adjacent to an activating group) is 1. The van der Waals surface area contributed by atoms with Gasteiger partial charge in [-0.25, -0.2) is 9.67 Å². The van der Waals surface area contributed by atoms with Crippen molar-refractivity contribution in [1.29, 1.82) is 0 Å². The third kappa shape index (κ3) is 3.39. The normalized spacial score (nSPS) is 10.3. The van der Waals surface area contributed by atoms with Crippen LogP contribution in [0.25, 0.3) is 0 Å². The first-order valence-corrected chi connectivity index (χ1v) is 5.64. The fourth-order valence-corrected chi connectivity index (χ4v) is 1.56. The van der Waals surface area contributed by atoms with Gasteiger partial charge in [-0.2, -0.15) is 5.10 Å². The van der Waals surface area contributed by atoms with Crippen LogP contribution in [0.4, 0.5) is 5.69 Å². The Morgan fingerprint density at radius 2 is 2.11 bits per heavy atom. The molecule has 0 aliphatic carbocycles. The van der Waals surface area contributed by atoms with Gasteiger partial charge >= 0.3 is 0 Å². The van der Waals surface area contributed by atoms with E-state index >= 15 is 0 Å². The van der Waals surface area contributed by atoms with Gasteiger partial charge in [-0.1, -0.05) is 12.1 Å². The van der Waals surface area contributed by atoms with Gasteiger partial charge in [0.1, 0.15) is 12.7 Å². The number of amides is 1. The molecule has 0 spiro atoms. The first-order valence-electron chi connectivity index (χ1n) is 5.64. The van der Waals surface area contributed by atoms with Crippen molar-refractivity contribution in [2.45, 2.75) is 6.54 Å². The van der Waals surface area contributed by atoms with Crippen molar-refractivity contribution < 1.29 is 4.79 Å². The zero-order chi connectivity index (χ0) is 12.8. The van der Waals surface area contributed by atoms with Crippen LogP contribution >= 0.6 is 0 Å². The number of carbonyl (C=O) groups is 1. The van der Waals surface area contributed by atoms with E-state index < -0.39 is 0 Å². The third-order valence-electron chi connectivity index (χ3n) is 2.39. The maximum absolute atomic E-state index is 11.4. The molecule has 94 valence electrons. The maximum atomic E-state index is 11.4. The van der Waals surface area contributed by atoms with Crippen molar-refractivity contribution in [2.24, 2.45) is 0 Å². The minimum absolute atomic E-state index is 0.0541. The summed E-state index contributed by atoms with van der Waals surface area (Å²) >= 11 is 0. The molecule has 1 heterocycles. The molecule has 1 aromatic heterocycles. The largest absolute Gasteiger partial charge is 0.325 e. The number of rotatable bonds is 5. The van der Waals surface area contributed by atoms with E-state index in [1.807, 2.05) is 24.3 Å². The second kappa shape index (κ2) is 5.92. The Bertz CT molecular complexity index is 492. The Hall–Kier alpha value is -2.21. The number of nitrogens with one attached hydrogen (secondary N) is 2. The first kappa shape index (κ1) is 12.3. The van der Waals surface area contributed by atoms with E-state index in [1.54, 1.807) is 18.1 Å². The summed E-state index contributed by atoms with van der Waals surface area (Å²) in [5.41, 5.74) is 1.89. The molecule has 0 aliphatic rings. The Morgan fingerprint density at radius 1 is 1.33 bits per heavy atom. The molecule has 0 bridgehead atoms.